The lowest BCUT2D eigenvalue weighted by Crippen LogP contribution is -2.33. The molecule has 1 atom stereocenters. The Balaban J connectivity index is 1.82. The van der Waals surface area contributed by atoms with Gasteiger partial charge in [0.2, 0.25) is 5.91 Å². The summed E-state index contributed by atoms with van der Waals surface area (Å²) >= 11 is 0. The molecule has 1 aliphatic rings. The van der Waals surface area contributed by atoms with E-state index in [0.717, 1.165) is 36.8 Å². The van der Waals surface area contributed by atoms with E-state index in [1.165, 1.54) is 12.1 Å². The lowest BCUT2D eigenvalue weighted by atomic mass is 9.97. The standard InChI is InChI=1S/C20H21F2NO2/c21-20(22)25-17-12-10-15(11-13-17)18(14-6-2-1-3-7-14)23-19(24)16-8-4-5-9-16/h1-3,6-7,10-13,16,18,20H,4-5,8-9H2,(H,23,24)/t18-/m0/s1. The van der Waals surface area contributed by atoms with Gasteiger partial charge in [0.15, 0.2) is 0 Å². The number of hydrogen-bond acceptors (Lipinski definition) is 2. The summed E-state index contributed by atoms with van der Waals surface area (Å²) in [6.45, 7) is -2.85. The third-order valence-electron chi connectivity index (χ3n) is 4.58. The predicted molar refractivity (Wildman–Crippen MR) is 91.5 cm³/mol. The van der Waals surface area contributed by atoms with Crippen molar-refractivity contribution in [1.82, 2.24) is 5.32 Å². The quantitative estimate of drug-likeness (QED) is 0.825. The van der Waals surface area contributed by atoms with Crippen LogP contribution in [0.25, 0.3) is 0 Å². The van der Waals surface area contributed by atoms with Gasteiger partial charge < -0.3 is 10.1 Å². The lowest BCUT2D eigenvalue weighted by molar-refractivity contribution is -0.125. The maximum Gasteiger partial charge on any atom is 0.387 e. The summed E-state index contributed by atoms with van der Waals surface area (Å²) in [5.74, 6) is 0.222. The van der Waals surface area contributed by atoms with Crippen molar-refractivity contribution in [1.29, 1.82) is 0 Å². The molecule has 0 aromatic heterocycles. The first-order valence-corrected chi connectivity index (χ1v) is 8.53. The Morgan fingerprint density at radius 3 is 2.16 bits per heavy atom. The van der Waals surface area contributed by atoms with Gasteiger partial charge in [-0.2, -0.15) is 8.78 Å². The maximum absolute atomic E-state index is 12.6. The molecule has 0 unspecified atom stereocenters. The van der Waals surface area contributed by atoms with E-state index in [4.69, 9.17) is 0 Å². The van der Waals surface area contributed by atoms with E-state index in [1.807, 2.05) is 30.3 Å². The largest absolute Gasteiger partial charge is 0.435 e. The molecule has 3 rings (SSSR count). The van der Waals surface area contributed by atoms with Crippen LogP contribution in [0.2, 0.25) is 0 Å². The van der Waals surface area contributed by atoms with Crippen LogP contribution in [0, 0.1) is 5.92 Å². The van der Waals surface area contributed by atoms with Gasteiger partial charge in [-0.15, -0.1) is 0 Å². The van der Waals surface area contributed by atoms with E-state index < -0.39 is 6.61 Å². The second kappa shape index (κ2) is 8.10. The Labute approximate surface area is 146 Å². The third-order valence-corrected chi connectivity index (χ3v) is 4.58. The van der Waals surface area contributed by atoms with Crippen molar-refractivity contribution >= 4 is 5.91 Å². The van der Waals surface area contributed by atoms with E-state index in [9.17, 15) is 13.6 Å². The van der Waals surface area contributed by atoms with Crippen molar-refractivity contribution in [3.63, 3.8) is 0 Å². The summed E-state index contributed by atoms with van der Waals surface area (Å²) in [5, 5.41) is 3.12. The molecule has 25 heavy (non-hydrogen) atoms. The summed E-state index contributed by atoms with van der Waals surface area (Å²) in [7, 11) is 0. The minimum absolute atomic E-state index is 0.0549. The van der Waals surface area contributed by atoms with Crippen LogP contribution in [0.3, 0.4) is 0 Å². The van der Waals surface area contributed by atoms with E-state index in [0.29, 0.717) is 0 Å². The molecule has 5 heteroatoms. The molecule has 3 nitrogen and oxygen atoms in total. The van der Waals surface area contributed by atoms with Crippen molar-refractivity contribution < 1.29 is 18.3 Å². The fourth-order valence-corrected chi connectivity index (χ4v) is 3.29. The molecule has 1 aliphatic carbocycles. The molecule has 2 aromatic rings. The van der Waals surface area contributed by atoms with E-state index in [2.05, 4.69) is 10.1 Å². The Hall–Kier alpha value is -2.43. The van der Waals surface area contributed by atoms with Crippen LogP contribution in [0.1, 0.15) is 42.9 Å². The van der Waals surface area contributed by atoms with Gasteiger partial charge in [0.05, 0.1) is 6.04 Å². The molecule has 1 fully saturated rings. The van der Waals surface area contributed by atoms with Gasteiger partial charge in [-0.05, 0) is 36.1 Å². The number of nitrogens with one attached hydrogen (secondary N) is 1. The minimum atomic E-state index is -2.85. The molecule has 1 saturated carbocycles. The molecular weight excluding hydrogens is 324 g/mol. The van der Waals surface area contributed by atoms with E-state index >= 15 is 0 Å². The van der Waals surface area contributed by atoms with Crippen LogP contribution in [0.5, 0.6) is 5.75 Å². The zero-order valence-electron chi connectivity index (χ0n) is 13.8. The molecular formula is C20H21F2NO2. The van der Waals surface area contributed by atoms with Crippen LogP contribution in [-0.2, 0) is 4.79 Å². The fourth-order valence-electron chi connectivity index (χ4n) is 3.29. The van der Waals surface area contributed by atoms with Crippen molar-refractivity contribution in [2.75, 3.05) is 0 Å². The number of rotatable bonds is 6. The molecule has 0 spiro atoms. The van der Waals surface area contributed by atoms with Crippen molar-refractivity contribution in [2.45, 2.75) is 38.3 Å². The number of amides is 1. The molecule has 0 saturated heterocycles. The van der Waals surface area contributed by atoms with Crippen LogP contribution in [0.4, 0.5) is 8.78 Å². The summed E-state index contributed by atoms with van der Waals surface area (Å²) in [6.07, 6.45) is 4.03. The number of halogens is 2. The zero-order valence-corrected chi connectivity index (χ0v) is 13.8. The Kier molecular flexibility index (Phi) is 5.64. The van der Waals surface area contributed by atoms with Crippen LogP contribution < -0.4 is 10.1 Å². The van der Waals surface area contributed by atoms with Gasteiger partial charge in [-0.25, -0.2) is 0 Å². The van der Waals surface area contributed by atoms with E-state index in [1.54, 1.807) is 12.1 Å². The van der Waals surface area contributed by atoms with Gasteiger partial charge >= 0.3 is 6.61 Å². The zero-order chi connectivity index (χ0) is 17.6. The average molecular weight is 345 g/mol. The SMILES string of the molecule is O=C(N[C@@H](c1ccccc1)c1ccc(OC(F)F)cc1)C1CCCC1. The van der Waals surface area contributed by atoms with Crippen LogP contribution >= 0.6 is 0 Å². The number of benzene rings is 2. The first-order chi connectivity index (χ1) is 12.1. The highest BCUT2D eigenvalue weighted by molar-refractivity contribution is 5.79. The third kappa shape index (κ3) is 4.56. The second-order valence-electron chi connectivity index (χ2n) is 6.28. The Bertz CT molecular complexity index is 683. The molecule has 0 radical (unpaired) electrons. The highest BCUT2D eigenvalue weighted by Crippen LogP contribution is 2.28. The molecule has 1 N–H and O–H groups in total. The molecule has 0 bridgehead atoms. The van der Waals surface area contributed by atoms with Gasteiger partial charge in [-0.3, -0.25) is 4.79 Å². The summed E-state index contributed by atoms with van der Waals surface area (Å²) in [4.78, 5) is 12.6. The number of ether oxygens (including phenoxy) is 1. The second-order valence-corrected chi connectivity index (χ2v) is 6.28. The first-order valence-electron chi connectivity index (χ1n) is 8.53. The number of carbonyl (C=O) groups is 1. The molecule has 2 aromatic carbocycles. The van der Waals surface area contributed by atoms with Gasteiger partial charge in [0.1, 0.15) is 5.75 Å². The fraction of sp³-hybridized carbons (Fsp3) is 0.350. The van der Waals surface area contributed by atoms with Gasteiger partial charge in [0, 0.05) is 5.92 Å². The molecule has 0 aliphatic heterocycles. The molecule has 0 heterocycles. The average Bonchev–Trinajstić information content (AvgIpc) is 3.15. The van der Waals surface area contributed by atoms with Gasteiger partial charge in [-0.1, -0.05) is 55.3 Å². The van der Waals surface area contributed by atoms with Crippen molar-refractivity contribution in [2.24, 2.45) is 5.92 Å². The smallest absolute Gasteiger partial charge is 0.387 e. The Morgan fingerprint density at radius 2 is 1.56 bits per heavy atom. The normalized spacial score (nSPS) is 16.0. The highest BCUT2D eigenvalue weighted by Gasteiger charge is 2.26. The molecule has 132 valence electrons. The first kappa shape index (κ1) is 17.4. The topological polar surface area (TPSA) is 38.3 Å². The summed E-state index contributed by atoms with van der Waals surface area (Å²) in [6, 6.07) is 15.8. The summed E-state index contributed by atoms with van der Waals surface area (Å²) < 4.78 is 29.0. The number of carbonyl (C=O) groups excluding carboxylic acids is 1. The monoisotopic (exact) mass is 345 g/mol. The summed E-state index contributed by atoms with van der Waals surface area (Å²) in [5.41, 5.74) is 1.79. The Morgan fingerprint density at radius 1 is 0.960 bits per heavy atom. The lowest BCUT2D eigenvalue weighted by Gasteiger charge is -2.22. The van der Waals surface area contributed by atoms with E-state index in [-0.39, 0.29) is 23.6 Å². The van der Waals surface area contributed by atoms with Crippen molar-refractivity contribution in [3.8, 4) is 5.75 Å². The number of alkyl halides is 2. The van der Waals surface area contributed by atoms with Crippen LogP contribution in [-0.4, -0.2) is 12.5 Å². The molecule has 1 amide bonds. The van der Waals surface area contributed by atoms with Crippen molar-refractivity contribution in [3.05, 3.63) is 65.7 Å². The minimum Gasteiger partial charge on any atom is -0.435 e. The highest BCUT2D eigenvalue weighted by atomic mass is 19.3. The van der Waals surface area contributed by atoms with Gasteiger partial charge in [0.25, 0.3) is 0 Å². The predicted octanol–water partition coefficient (Wildman–Crippen LogP) is 4.68. The maximum atomic E-state index is 12.6. The number of hydrogen-bond donors (Lipinski definition) is 1. The van der Waals surface area contributed by atoms with Crippen LogP contribution in [0.15, 0.2) is 54.6 Å².